The highest BCUT2D eigenvalue weighted by Gasteiger charge is 2.23. The average Bonchev–Trinajstić information content (AvgIpc) is 2.64. The van der Waals surface area contributed by atoms with E-state index in [1.165, 1.54) is 18.2 Å². The first-order valence-electron chi connectivity index (χ1n) is 8.71. The molecule has 3 amide bonds. The topological polar surface area (TPSA) is 65.9 Å². The van der Waals surface area contributed by atoms with Gasteiger partial charge in [-0.1, -0.05) is 29.8 Å². The Morgan fingerprint density at radius 1 is 1.11 bits per heavy atom. The van der Waals surface area contributed by atoms with Gasteiger partial charge < -0.3 is 15.1 Å². The van der Waals surface area contributed by atoms with Crippen molar-refractivity contribution in [2.45, 2.75) is 0 Å². The largest absolute Gasteiger partial charge is 0.360 e. The van der Waals surface area contributed by atoms with Gasteiger partial charge in [-0.3, -0.25) is 10.1 Å². The molecule has 6 nitrogen and oxygen atoms in total. The number of anilines is 2. The molecule has 0 bridgehead atoms. The zero-order valence-electron chi connectivity index (χ0n) is 14.7. The molecule has 0 aliphatic carbocycles. The Balaban J connectivity index is 1.44. The summed E-state index contributed by atoms with van der Waals surface area (Å²) >= 11 is 6.03. The molecule has 3 N–H and O–H groups in total. The summed E-state index contributed by atoms with van der Waals surface area (Å²) in [4.78, 5) is 27.2. The molecular weight excluding hydrogens is 371 g/mol. The lowest BCUT2D eigenvalue weighted by atomic mass is 10.2. The van der Waals surface area contributed by atoms with Crippen molar-refractivity contribution in [3.8, 4) is 0 Å². The van der Waals surface area contributed by atoms with Crippen LogP contribution in [0, 0.1) is 5.82 Å². The minimum Gasteiger partial charge on any atom is -0.360 e. The van der Waals surface area contributed by atoms with Crippen LogP contribution in [0.5, 0.6) is 0 Å². The van der Waals surface area contributed by atoms with E-state index >= 15 is 0 Å². The number of urea groups is 1. The minimum absolute atomic E-state index is 0.0327. The van der Waals surface area contributed by atoms with Gasteiger partial charge in [-0.05, 0) is 30.3 Å². The van der Waals surface area contributed by atoms with Crippen molar-refractivity contribution < 1.29 is 18.9 Å². The second-order valence-corrected chi connectivity index (χ2v) is 6.81. The number of carbonyl (C=O) groups is 2. The number of halogens is 2. The van der Waals surface area contributed by atoms with E-state index in [1.54, 1.807) is 6.07 Å². The molecule has 8 heteroatoms. The fourth-order valence-electron chi connectivity index (χ4n) is 3.04. The Morgan fingerprint density at radius 2 is 1.85 bits per heavy atom. The Labute approximate surface area is 161 Å². The molecule has 27 heavy (non-hydrogen) atoms. The van der Waals surface area contributed by atoms with Gasteiger partial charge in [0.05, 0.1) is 31.9 Å². The molecule has 1 fully saturated rings. The van der Waals surface area contributed by atoms with Crippen molar-refractivity contribution in [2.75, 3.05) is 42.9 Å². The van der Waals surface area contributed by atoms with E-state index in [4.69, 9.17) is 11.6 Å². The van der Waals surface area contributed by atoms with Crippen molar-refractivity contribution >= 4 is 34.9 Å². The molecule has 142 valence electrons. The Bertz CT molecular complexity index is 825. The summed E-state index contributed by atoms with van der Waals surface area (Å²) in [5.41, 5.74) is 1.10. The molecule has 1 saturated heterocycles. The van der Waals surface area contributed by atoms with Gasteiger partial charge in [-0.15, -0.1) is 0 Å². The summed E-state index contributed by atoms with van der Waals surface area (Å²) in [6.07, 6.45) is 0. The number of carbonyl (C=O) groups excluding carboxylic acids is 2. The lowest BCUT2D eigenvalue weighted by Crippen LogP contribution is -3.16. The Morgan fingerprint density at radius 3 is 2.56 bits per heavy atom. The summed E-state index contributed by atoms with van der Waals surface area (Å²) in [6, 6.07) is 12.7. The Hall–Kier alpha value is -2.64. The molecule has 1 heterocycles. The van der Waals surface area contributed by atoms with Crippen molar-refractivity contribution in [1.82, 2.24) is 5.32 Å². The molecule has 0 radical (unpaired) electrons. The maximum Gasteiger partial charge on any atom is 0.326 e. The Kier molecular flexibility index (Phi) is 6.26. The first-order chi connectivity index (χ1) is 13.0. The number of nitrogens with one attached hydrogen (secondary N) is 3. The predicted molar refractivity (Wildman–Crippen MR) is 103 cm³/mol. The quantitative estimate of drug-likeness (QED) is 0.740. The SMILES string of the molecule is O=C(C[NH+]1CCN(c2cccc(Cl)c2)CC1)NC(=O)Nc1ccccc1F. The third-order valence-corrected chi connectivity index (χ3v) is 4.66. The smallest absolute Gasteiger partial charge is 0.326 e. The summed E-state index contributed by atoms with van der Waals surface area (Å²) in [5.74, 6) is -0.946. The van der Waals surface area contributed by atoms with Gasteiger partial charge >= 0.3 is 6.03 Å². The molecule has 2 aromatic rings. The van der Waals surface area contributed by atoms with Gasteiger partial charge in [0, 0.05) is 10.7 Å². The zero-order valence-corrected chi connectivity index (χ0v) is 15.4. The molecule has 0 unspecified atom stereocenters. The van der Waals surface area contributed by atoms with Crippen molar-refractivity contribution in [1.29, 1.82) is 0 Å². The minimum atomic E-state index is -0.734. The molecule has 0 saturated carbocycles. The van der Waals surface area contributed by atoms with Crippen LogP contribution in [0.2, 0.25) is 5.02 Å². The molecule has 1 aliphatic heterocycles. The second-order valence-electron chi connectivity index (χ2n) is 6.38. The van der Waals surface area contributed by atoms with Crippen LogP contribution in [-0.2, 0) is 4.79 Å². The second kappa shape index (κ2) is 8.83. The lowest BCUT2D eigenvalue weighted by Gasteiger charge is -2.33. The number of quaternary nitrogens is 1. The van der Waals surface area contributed by atoms with Crippen LogP contribution in [0.3, 0.4) is 0 Å². The zero-order chi connectivity index (χ0) is 19.2. The number of rotatable bonds is 4. The van der Waals surface area contributed by atoms with Crippen LogP contribution in [0.15, 0.2) is 48.5 Å². The number of piperazine rings is 1. The summed E-state index contributed by atoms with van der Waals surface area (Å²) < 4.78 is 13.5. The molecule has 1 aliphatic rings. The van der Waals surface area contributed by atoms with E-state index in [-0.39, 0.29) is 12.2 Å². The van der Waals surface area contributed by atoms with Crippen molar-refractivity contribution in [2.24, 2.45) is 0 Å². The normalized spacial score (nSPS) is 14.7. The molecule has 0 spiro atoms. The van der Waals surface area contributed by atoms with Crippen LogP contribution >= 0.6 is 11.6 Å². The van der Waals surface area contributed by atoms with E-state index < -0.39 is 17.8 Å². The summed E-state index contributed by atoms with van der Waals surface area (Å²) in [7, 11) is 0. The fourth-order valence-corrected chi connectivity index (χ4v) is 3.23. The lowest BCUT2D eigenvalue weighted by molar-refractivity contribution is -0.892. The van der Waals surface area contributed by atoms with E-state index in [0.29, 0.717) is 5.02 Å². The van der Waals surface area contributed by atoms with Crippen LogP contribution in [0.1, 0.15) is 0 Å². The fraction of sp³-hybridized carbons (Fsp3) is 0.263. The maximum absolute atomic E-state index is 13.5. The monoisotopic (exact) mass is 391 g/mol. The number of benzene rings is 2. The molecular formula is C19H21ClFN4O2+. The number of hydrogen-bond acceptors (Lipinski definition) is 3. The van der Waals surface area contributed by atoms with Crippen LogP contribution < -0.4 is 20.4 Å². The van der Waals surface area contributed by atoms with Gasteiger partial charge in [-0.25, -0.2) is 9.18 Å². The highest BCUT2D eigenvalue weighted by molar-refractivity contribution is 6.30. The van der Waals surface area contributed by atoms with Gasteiger partial charge in [0.2, 0.25) is 0 Å². The molecule has 2 aromatic carbocycles. The third-order valence-electron chi connectivity index (χ3n) is 4.43. The summed E-state index contributed by atoms with van der Waals surface area (Å²) in [6.45, 7) is 3.33. The van der Waals surface area contributed by atoms with Crippen molar-refractivity contribution in [3.63, 3.8) is 0 Å². The van der Waals surface area contributed by atoms with E-state index in [1.807, 2.05) is 24.3 Å². The maximum atomic E-state index is 13.5. The average molecular weight is 392 g/mol. The van der Waals surface area contributed by atoms with Crippen LogP contribution in [-0.4, -0.2) is 44.7 Å². The third kappa shape index (κ3) is 5.42. The number of hydrogen-bond donors (Lipinski definition) is 3. The van der Waals surface area contributed by atoms with E-state index in [9.17, 15) is 14.0 Å². The van der Waals surface area contributed by atoms with Crippen LogP contribution in [0.25, 0.3) is 0 Å². The number of imide groups is 1. The molecule has 3 rings (SSSR count). The number of amides is 3. The molecule has 0 aromatic heterocycles. The number of para-hydroxylation sites is 1. The molecule has 0 atom stereocenters. The van der Waals surface area contributed by atoms with Crippen molar-refractivity contribution in [3.05, 3.63) is 59.4 Å². The highest BCUT2D eigenvalue weighted by atomic mass is 35.5. The van der Waals surface area contributed by atoms with E-state index in [0.717, 1.165) is 36.8 Å². The first kappa shape index (κ1) is 19.1. The standard InChI is InChI=1S/C19H20ClFN4O2/c20-14-4-3-5-15(12-14)25-10-8-24(9-11-25)13-18(26)23-19(27)22-17-7-2-1-6-16(17)21/h1-7,12H,8-11,13H2,(H2,22,23,26,27)/p+1. The van der Waals surface area contributed by atoms with Gasteiger partial charge in [0.15, 0.2) is 6.54 Å². The predicted octanol–water partition coefficient (Wildman–Crippen LogP) is 1.53. The van der Waals surface area contributed by atoms with Crippen LogP contribution in [0.4, 0.5) is 20.6 Å². The van der Waals surface area contributed by atoms with Gasteiger partial charge in [-0.2, -0.15) is 0 Å². The highest BCUT2D eigenvalue weighted by Crippen LogP contribution is 2.19. The van der Waals surface area contributed by atoms with Gasteiger partial charge in [0.25, 0.3) is 5.91 Å². The number of nitrogens with zero attached hydrogens (tertiary/aromatic N) is 1. The summed E-state index contributed by atoms with van der Waals surface area (Å²) in [5, 5.41) is 5.28. The first-order valence-corrected chi connectivity index (χ1v) is 9.08. The van der Waals surface area contributed by atoms with E-state index in [2.05, 4.69) is 15.5 Å². The van der Waals surface area contributed by atoms with Gasteiger partial charge in [0.1, 0.15) is 5.82 Å².